The largest absolute Gasteiger partial charge is 0.416 e. The minimum Gasteiger partial charge on any atom is -0.373 e. The summed E-state index contributed by atoms with van der Waals surface area (Å²) in [7, 11) is -7.62. The average molecular weight is 503 g/mol. The molecule has 1 saturated heterocycles. The van der Waals surface area contributed by atoms with Gasteiger partial charge in [-0.25, -0.2) is 16.8 Å². The lowest BCUT2D eigenvalue weighted by Gasteiger charge is -2.38. The summed E-state index contributed by atoms with van der Waals surface area (Å²) < 4.78 is 95.3. The zero-order valence-electron chi connectivity index (χ0n) is 18.2. The van der Waals surface area contributed by atoms with Gasteiger partial charge < -0.3 is 4.74 Å². The van der Waals surface area contributed by atoms with Gasteiger partial charge in [-0.1, -0.05) is 12.1 Å². The van der Waals surface area contributed by atoms with Gasteiger partial charge in [0, 0.05) is 12.9 Å². The van der Waals surface area contributed by atoms with E-state index in [4.69, 9.17) is 4.74 Å². The van der Waals surface area contributed by atoms with Gasteiger partial charge in [0.05, 0.1) is 26.2 Å². The summed E-state index contributed by atoms with van der Waals surface area (Å²) in [5, 5.41) is 0. The maximum atomic E-state index is 13.5. The van der Waals surface area contributed by atoms with Crippen LogP contribution < -0.4 is 0 Å². The first-order valence-corrected chi connectivity index (χ1v) is 14.0. The molecule has 0 aromatic heterocycles. The Morgan fingerprint density at radius 3 is 2.27 bits per heavy atom. The molecule has 1 saturated carbocycles. The molecule has 10 heteroatoms. The third-order valence-electron chi connectivity index (χ3n) is 6.54. The molecule has 0 spiro atoms. The molecule has 2 aromatic carbocycles. The molecule has 180 valence electrons. The number of alkyl halides is 3. The van der Waals surface area contributed by atoms with Crippen molar-refractivity contribution in [2.75, 3.05) is 12.9 Å². The fraction of sp³-hybridized carbons (Fsp3) is 0.478. The van der Waals surface area contributed by atoms with Crippen LogP contribution >= 0.6 is 0 Å². The lowest BCUT2D eigenvalue weighted by atomic mass is 9.89. The SMILES string of the molecule is CC1(S(=O)(=O)c2cccc(C(F)(F)F)c2)CCOC(c2cc(S(C)(=O)=O)ccc2C2CC2)C1. The highest BCUT2D eigenvalue weighted by atomic mass is 32.2. The molecule has 2 fully saturated rings. The van der Waals surface area contributed by atoms with Gasteiger partial charge in [-0.05, 0) is 80.0 Å². The van der Waals surface area contributed by atoms with Gasteiger partial charge in [-0.2, -0.15) is 13.2 Å². The smallest absolute Gasteiger partial charge is 0.373 e. The summed E-state index contributed by atoms with van der Waals surface area (Å²) in [4.78, 5) is -0.258. The van der Waals surface area contributed by atoms with Gasteiger partial charge in [-0.15, -0.1) is 0 Å². The highest BCUT2D eigenvalue weighted by molar-refractivity contribution is 7.92. The lowest BCUT2D eigenvalue weighted by Crippen LogP contribution is -2.42. The fourth-order valence-electron chi connectivity index (χ4n) is 4.37. The number of ether oxygens (including phenoxy) is 1. The summed E-state index contributed by atoms with van der Waals surface area (Å²) >= 11 is 0. The number of hydrogen-bond donors (Lipinski definition) is 0. The Morgan fingerprint density at radius 2 is 1.67 bits per heavy atom. The van der Waals surface area contributed by atoms with Crippen LogP contribution in [0.3, 0.4) is 0 Å². The minimum absolute atomic E-state index is 0.0124. The molecule has 4 rings (SSSR count). The number of sulfone groups is 2. The molecule has 0 N–H and O–H groups in total. The van der Waals surface area contributed by atoms with Gasteiger partial charge >= 0.3 is 6.18 Å². The van der Waals surface area contributed by atoms with E-state index in [2.05, 4.69) is 0 Å². The molecule has 2 aliphatic rings. The first-order chi connectivity index (χ1) is 15.2. The second-order valence-electron chi connectivity index (χ2n) is 9.13. The van der Waals surface area contributed by atoms with E-state index in [9.17, 15) is 30.0 Å². The molecule has 2 unspecified atom stereocenters. The predicted molar refractivity (Wildman–Crippen MR) is 116 cm³/mol. The summed E-state index contributed by atoms with van der Waals surface area (Å²) in [6.07, 6.45) is -2.19. The van der Waals surface area contributed by atoms with Crippen LogP contribution in [0, 0.1) is 0 Å². The number of rotatable bonds is 5. The molecule has 0 amide bonds. The molecule has 5 nitrogen and oxygen atoms in total. The topological polar surface area (TPSA) is 77.5 Å². The van der Waals surface area contributed by atoms with E-state index in [0.29, 0.717) is 11.6 Å². The van der Waals surface area contributed by atoms with Crippen LogP contribution in [0.4, 0.5) is 13.2 Å². The third kappa shape index (κ3) is 4.70. The Bertz CT molecular complexity index is 1280. The maximum Gasteiger partial charge on any atom is 0.416 e. The first kappa shape index (κ1) is 24.2. The maximum absolute atomic E-state index is 13.5. The molecular formula is C23H25F3O5S2. The van der Waals surface area contributed by atoms with Crippen molar-refractivity contribution >= 4 is 19.7 Å². The van der Waals surface area contributed by atoms with Crippen LogP contribution in [-0.2, 0) is 30.6 Å². The quantitative estimate of drug-likeness (QED) is 0.571. The second-order valence-corrected chi connectivity index (χ2v) is 13.6. The molecule has 2 atom stereocenters. The summed E-state index contributed by atoms with van der Waals surface area (Å²) in [5.74, 6) is 0.269. The van der Waals surface area contributed by atoms with E-state index in [1.807, 2.05) is 0 Å². The highest BCUT2D eigenvalue weighted by Gasteiger charge is 2.46. The van der Waals surface area contributed by atoms with Crippen molar-refractivity contribution in [1.29, 1.82) is 0 Å². The first-order valence-electron chi connectivity index (χ1n) is 10.6. The van der Waals surface area contributed by atoms with Crippen LogP contribution in [0.1, 0.15) is 61.3 Å². The number of benzene rings is 2. The molecule has 1 aliphatic carbocycles. The van der Waals surface area contributed by atoms with Crippen LogP contribution in [0.25, 0.3) is 0 Å². The number of hydrogen-bond acceptors (Lipinski definition) is 5. The van der Waals surface area contributed by atoms with Crippen molar-refractivity contribution in [1.82, 2.24) is 0 Å². The van der Waals surface area contributed by atoms with E-state index in [-0.39, 0.29) is 35.2 Å². The normalized spacial score (nSPS) is 24.6. The Labute approximate surface area is 191 Å². The van der Waals surface area contributed by atoms with Crippen molar-refractivity contribution in [3.05, 3.63) is 59.2 Å². The standard InChI is InChI=1S/C23H25F3O5S2/c1-22(33(29,30)18-5-3-4-16(12-18)23(24,25)26)10-11-31-21(14-22)20-13-17(32(2,27)28)8-9-19(20)15-6-7-15/h3-5,8-9,12-13,15,21H,6-7,10-11,14H2,1-2H3. The van der Waals surface area contributed by atoms with Crippen LogP contribution in [-0.4, -0.2) is 34.4 Å². The third-order valence-corrected chi connectivity index (χ3v) is 10.2. The highest BCUT2D eigenvalue weighted by Crippen LogP contribution is 2.48. The molecule has 1 heterocycles. The Hall–Kier alpha value is -1.91. The minimum atomic E-state index is -4.66. The number of halogens is 3. The van der Waals surface area contributed by atoms with Gasteiger partial charge in [0.1, 0.15) is 0 Å². The van der Waals surface area contributed by atoms with Crippen molar-refractivity contribution in [3.8, 4) is 0 Å². The zero-order chi connectivity index (χ0) is 24.2. The van der Waals surface area contributed by atoms with Gasteiger partial charge in [0.25, 0.3) is 0 Å². The summed E-state index contributed by atoms with van der Waals surface area (Å²) in [6, 6.07) is 8.65. The van der Waals surface area contributed by atoms with Crippen molar-refractivity contribution in [2.24, 2.45) is 0 Å². The molecule has 0 radical (unpaired) electrons. The molecule has 2 aromatic rings. The van der Waals surface area contributed by atoms with Gasteiger partial charge in [0.15, 0.2) is 19.7 Å². The van der Waals surface area contributed by atoms with E-state index < -0.39 is 42.3 Å². The van der Waals surface area contributed by atoms with Crippen LogP contribution in [0.15, 0.2) is 52.3 Å². The lowest BCUT2D eigenvalue weighted by molar-refractivity contribution is -0.137. The van der Waals surface area contributed by atoms with Crippen molar-refractivity contribution in [3.63, 3.8) is 0 Å². The Balaban J connectivity index is 1.73. The van der Waals surface area contributed by atoms with Gasteiger partial charge in [-0.3, -0.25) is 0 Å². The van der Waals surface area contributed by atoms with E-state index in [1.54, 1.807) is 18.2 Å². The summed E-state index contributed by atoms with van der Waals surface area (Å²) in [5.41, 5.74) is 0.561. The van der Waals surface area contributed by atoms with E-state index >= 15 is 0 Å². The monoisotopic (exact) mass is 502 g/mol. The van der Waals surface area contributed by atoms with E-state index in [1.165, 1.54) is 13.0 Å². The molecular weight excluding hydrogens is 477 g/mol. The second kappa shape index (κ2) is 8.09. The van der Waals surface area contributed by atoms with Crippen LogP contribution in [0.5, 0.6) is 0 Å². The van der Waals surface area contributed by atoms with Gasteiger partial charge in [0.2, 0.25) is 0 Å². The van der Waals surface area contributed by atoms with E-state index in [0.717, 1.165) is 36.8 Å². The Kier molecular flexibility index (Phi) is 5.94. The fourth-order valence-corrected chi connectivity index (χ4v) is 6.85. The average Bonchev–Trinajstić information content (AvgIpc) is 3.57. The predicted octanol–water partition coefficient (Wildman–Crippen LogP) is 5.07. The van der Waals surface area contributed by atoms with Crippen molar-refractivity contribution < 1.29 is 34.7 Å². The Morgan fingerprint density at radius 1 is 0.970 bits per heavy atom. The summed E-state index contributed by atoms with van der Waals surface area (Å²) in [6.45, 7) is 1.61. The van der Waals surface area contributed by atoms with Crippen molar-refractivity contribution in [2.45, 2.75) is 65.3 Å². The molecule has 0 bridgehead atoms. The molecule has 33 heavy (non-hydrogen) atoms. The van der Waals surface area contributed by atoms with Crippen LogP contribution in [0.2, 0.25) is 0 Å². The zero-order valence-corrected chi connectivity index (χ0v) is 19.9. The molecule has 1 aliphatic heterocycles.